The lowest BCUT2D eigenvalue weighted by Gasteiger charge is -2.28. The van der Waals surface area contributed by atoms with Crippen LogP contribution in [-0.2, 0) is 6.42 Å². The molecule has 0 spiro atoms. The van der Waals surface area contributed by atoms with Gasteiger partial charge in [0.2, 0.25) is 0 Å². The predicted molar refractivity (Wildman–Crippen MR) is 74.0 cm³/mol. The second-order valence-electron chi connectivity index (χ2n) is 4.81. The molecule has 3 rings (SSSR count). The van der Waals surface area contributed by atoms with Crippen molar-refractivity contribution in [3.8, 4) is 5.75 Å². The smallest absolute Gasteiger partial charge is 0.147 e. The number of halogens is 2. The fourth-order valence-corrected chi connectivity index (χ4v) is 2.41. The Hall–Kier alpha value is -2.10. The van der Waals surface area contributed by atoms with Crippen molar-refractivity contribution in [2.45, 2.75) is 19.4 Å². The van der Waals surface area contributed by atoms with Crippen molar-refractivity contribution in [1.29, 1.82) is 0 Å². The van der Waals surface area contributed by atoms with Crippen LogP contribution >= 0.6 is 0 Å². The molecule has 1 aliphatic rings. The van der Waals surface area contributed by atoms with E-state index in [2.05, 4.69) is 12.2 Å². The van der Waals surface area contributed by atoms with Gasteiger partial charge in [-0.05, 0) is 36.2 Å². The average molecular weight is 275 g/mol. The van der Waals surface area contributed by atoms with E-state index in [0.29, 0.717) is 12.3 Å². The second-order valence-corrected chi connectivity index (χ2v) is 4.81. The minimum Gasteiger partial charge on any atom is -0.481 e. The first-order chi connectivity index (χ1) is 9.69. The molecule has 20 heavy (non-hydrogen) atoms. The van der Waals surface area contributed by atoms with Crippen molar-refractivity contribution in [2.75, 3.05) is 11.9 Å². The number of anilines is 1. The fourth-order valence-electron chi connectivity index (χ4n) is 2.41. The summed E-state index contributed by atoms with van der Waals surface area (Å²) < 4.78 is 33.3. The number of hydrogen-bond acceptors (Lipinski definition) is 2. The monoisotopic (exact) mass is 275 g/mol. The van der Waals surface area contributed by atoms with E-state index < -0.39 is 17.7 Å². The Morgan fingerprint density at radius 2 is 1.95 bits per heavy atom. The Balaban J connectivity index is 1.92. The summed E-state index contributed by atoms with van der Waals surface area (Å²) in [5.41, 5.74) is 2.04. The quantitative estimate of drug-likeness (QED) is 0.892. The molecule has 0 fully saturated rings. The summed E-state index contributed by atoms with van der Waals surface area (Å²) in [5.74, 6) is -0.531. The number of benzene rings is 2. The molecule has 104 valence electrons. The van der Waals surface area contributed by atoms with Crippen molar-refractivity contribution >= 4 is 5.69 Å². The molecule has 0 saturated heterocycles. The minimum atomic E-state index is -0.656. The molecular formula is C16H15F2NO. The summed E-state index contributed by atoms with van der Waals surface area (Å²) in [7, 11) is 0. The van der Waals surface area contributed by atoms with Crippen molar-refractivity contribution in [3.05, 3.63) is 59.2 Å². The van der Waals surface area contributed by atoms with Gasteiger partial charge in [-0.3, -0.25) is 0 Å². The molecule has 0 bridgehead atoms. The zero-order chi connectivity index (χ0) is 14.1. The second kappa shape index (κ2) is 5.12. The number of rotatable bonds is 2. The predicted octanol–water partition coefficient (Wildman–Crippen LogP) is 4.07. The maximum Gasteiger partial charge on any atom is 0.147 e. The summed E-state index contributed by atoms with van der Waals surface area (Å²) in [5, 5.41) is 3.18. The molecule has 1 aliphatic heterocycles. The molecule has 1 unspecified atom stereocenters. The highest BCUT2D eigenvalue weighted by atomic mass is 19.1. The van der Waals surface area contributed by atoms with Crippen LogP contribution in [0.25, 0.3) is 0 Å². The molecule has 2 aromatic rings. The van der Waals surface area contributed by atoms with Gasteiger partial charge in [-0.1, -0.05) is 19.1 Å². The third-order valence-corrected chi connectivity index (χ3v) is 3.52. The lowest BCUT2D eigenvalue weighted by molar-refractivity contribution is 0.199. The number of aryl methyl sites for hydroxylation is 1. The van der Waals surface area contributed by atoms with Gasteiger partial charge in [0, 0.05) is 0 Å². The zero-order valence-electron chi connectivity index (χ0n) is 11.1. The number of ether oxygens (including phenoxy) is 1. The van der Waals surface area contributed by atoms with Crippen LogP contribution in [0.5, 0.6) is 5.75 Å². The largest absolute Gasteiger partial charge is 0.481 e. The van der Waals surface area contributed by atoms with Crippen LogP contribution in [0, 0.1) is 11.6 Å². The van der Waals surface area contributed by atoms with Gasteiger partial charge >= 0.3 is 0 Å². The number of fused-ring (bicyclic) bond motifs is 1. The Morgan fingerprint density at radius 3 is 2.65 bits per heavy atom. The van der Waals surface area contributed by atoms with E-state index in [-0.39, 0.29) is 5.56 Å². The van der Waals surface area contributed by atoms with Crippen LogP contribution in [-0.4, -0.2) is 6.54 Å². The molecule has 0 saturated carbocycles. The zero-order valence-corrected chi connectivity index (χ0v) is 11.1. The van der Waals surface area contributed by atoms with Crippen LogP contribution in [0.15, 0.2) is 36.4 Å². The lowest BCUT2D eigenvalue weighted by Crippen LogP contribution is -2.25. The van der Waals surface area contributed by atoms with Gasteiger partial charge in [0.1, 0.15) is 23.5 Å². The van der Waals surface area contributed by atoms with Gasteiger partial charge in [-0.2, -0.15) is 0 Å². The van der Waals surface area contributed by atoms with Gasteiger partial charge < -0.3 is 10.1 Å². The van der Waals surface area contributed by atoms with Crippen LogP contribution in [0.4, 0.5) is 14.5 Å². The molecule has 2 aromatic carbocycles. The summed E-state index contributed by atoms with van der Waals surface area (Å²) in [6.07, 6.45) is 0.275. The minimum absolute atomic E-state index is 0.0229. The van der Waals surface area contributed by atoms with Gasteiger partial charge in [0.05, 0.1) is 17.8 Å². The van der Waals surface area contributed by atoms with Crippen LogP contribution in [0.1, 0.15) is 24.2 Å². The number of hydrogen-bond donors (Lipinski definition) is 1. The first-order valence-corrected chi connectivity index (χ1v) is 6.66. The molecule has 1 N–H and O–H groups in total. The first kappa shape index (κ1) is 12.9. The Labute approximate surface area is 116 Å². The maximum absolute atomic E-state index is 13.8. The van der Waals surface area contributed by atoms with Crippen molar-refractivity contribution in [3.63, 3.8) is 0 Å². The first-order valence-electron chi connectivity index (χ1n) is 6.66. The average Bonchev–Trinajstić information content (AvgIpc) is 2.46. The maximum atomic E-state index is 13.8. The summed E-state index contributed by atoms with van der Waals surface area (Å²) in [4.78, 5) is 0. The molecule has 0 radical (unpaired) electrons. The van der Waals surface area contributed by atoms with E-state index >= 15 is 0 Å². The Bertz CT molecular complexity index is 622. The molecular weight excluding hydrogens is 260 g/mol. The summed E-state index contributed by atoms with van der Waals surface area (Å²) in [6.45, 7) is 2.42. The highest BCUT2D eigenvalue weighted by Crippen LogP contribution is 2.36. The van der Waals surface area contributed by atoms with Gasteiger partial charge in [0.25, 0.3) is 0 Å². The van der Waals surface area contributed by atoms with E-state index in [9.17, 15) is 8.78 Å². The van der Waals surface area contributed by atoms with E-state index in [1.807, 2.05) is 18.2 Å². The van der Waals surface area contributed by atoms with Gasteiger partial charge in [-0.25, -0.2) is 8.78 Å². The lowest BCUT2D eigenvalue weighted by atomic mass is 10.0. The molecule has 4 heteroatoms. The van der Waals surface area contributed by atoms with Crippen LogP contribution in [0.2, 0.25) is 0 Å². The van der Waals surface area contributed by atoms with Crippen molar-refractivity contribution in [2.24, 2.45) is 0 Å². The summed E-state index contributed by atoms with van der Waals surface area (Å²) >= 11 is 0. The molecule has 0 aromatic heterocycles. The third-order valence-electron chi connectivity index (χ3n) is 3.52. The molecule has 0 aliphatic carbocycles. The highest BCUT2D eigenvalue weighted by Gasteiger charge is 2.26. The van der Waals surface area contributed by atoms with Crippen LogP contribution < -0.4 is 10.1 Å². The van der Waals surface area contributed by atoms with E-state index in [0.717, 1.165) is 12.1 Å². The molecule has 0 amide bonds. The normalized spacial score (nSPS) is 17.1. The van der Waals surface area contributed by atoms with E-state index in [1.165, 1.54) is 23.8 Å². The third kappa shape index (κ3) is 2.22. The number of nitrogens with one attached hydrogen (secondary N) is 1. The van der Waals surface area contributed by atoms with Crippen molar-refractivity contribution in [1.82, 2.24) is 0 Å². The summed E-state index contributed by atoms with van der Waals surface area (Å²) in [6, 6.07) is 9.65. The fraction of sp³-hybridized carbons (Fsp3) is 0.250. The van der Waals surface area contributed by atoms with Crippen molar-refractivity contribution < 1.29 is 13.5 Å². The molecule has 1 atom stereocenters. The van der Waals surface area contributed by atoms with Crippen LogP contribution in [0.3, 0.4) is 0 Å². The highest BCUT2D eigenvalue weighted by molar-refractivity contribution is 5.60. The van der Waals surface area contributed by atoms with E-state index in [1.54, 1.807) is 0 Å². The Kier molecular flexibility index (Phi) is 3.30. The van der Waals surface area contributed by atoms with Gasteiger partial charge in [-0.15, -0.1) is 0 Å². The molecule has 2 nitrogen and oxygen atoms in total. The Morgan fingerprint density at radius 1 is 1.20 bits per heavy atom. The van der Waals surface area contributed by atoms with Gasteiger partial charge in [0.15, 0.2) is 0 Å². The standard InChI is InChI=1S/C16H15F2NO/c1-2-10-6-7-14-13(8-10)19-9-15(20-14)16-11(17)4-3-5-12(16)18/h3-8,15,19H,2,9H2,1H3. The topological polar surface area (TPSA) is 21.3 Å². The molecule has 1 heterocycles. The van der Waals surface area contributed by atoms with E-state index in [4.69, 9.17) is 4.74 Å². The SMILES string of the molecule is CCc1ccc2c(c1)NCC(c1c(F)cccc1F)O2.